The van der Waals surface area contributed by atoms with Crippen LogP contribution >= 0.6 is 0 Å². The molecule has 0 heterocycles. The lowest BCUT2D eigenvalue weighted by atomic mass is 10.1. The van der Waals surface area contributed by atoms with Crippen LogP contribution in [0.25, 0.3) is 0 Å². The zero-order chi connectivity index (χ0) is 29.9. The van der Waals surface area contributed by atoms with E-state index in [0.717, 1.165) is 38.5 Å². The fraction of sp³-hybridized carbons (Fsp3) is 0.900. The van der Waals surface area contributed by atoms with Gasteiger partial charge in [-0.25, -0.2) is 4.79 Å². The van der Waals surface area contributed by atoms with Gasteiger partial charge < -0.3 is 14.6 Å². The molecule has 0 aliphatic heterocycles. The number of carbonyl (C=O) groups is 2. The molecular weight excluding hydrogens is 534 g/mol. The molecule has 0 saturated carbocycles. The molecule has 0 radical (unpaired) electrons. The van der Waals surface area contributed by atoms with E-state index in [4.69, 9.17) is 14.0 Å². The molecule has 0 saturated heterocycles. The van der Waals surface area contributed by atoms with Crippen LogP contribution in [0.2, 0.25) is 0 Å². The fourth-order valence-corrected chi connectivity index (χ4v) is 4.79. The summed E-state index contributed by atoms with van der Waals surface area (Å²) in [5, 5.41) is 11.9. The topological polar surface area (TPSA) is 142 Å². The zero-order valence-corrected chi connectivity index (χ0v) is 26.0. The highest BCUT2D eigenvalue weighted by Gasteiger charge is 2.24. The average Bonchev–Trinajstić information content (AvgIpc) is 2.88. The Morgan fingerprint density at radius 2 is 1.05 bits per heavy atom. The molecule has 236 valence electrons. The minimum atomic E-state index is -4.61. The van der Waals surface area contributed by atoms with E-state index >= 15 is 0 Å². The summed E-state index contributed by atoms with van der Waals surface area (Å²) in [6.07, 6.45) is 22.2. The molecular formula is C30H56NO8S-. The van der Waals surface area contributed by atoms with Crippen molar-refractivity contribution in [3.05, 3.63) is 0 Å². The van der Waals surface area contributed by atoms with Crippen LogP contribution < -0.4 is 5.11 Å². The first-order valence-electron chi connectivity index (χ1n) is 15.7. The quantitative estimate of drug-likeness (QED) is 0.0367. The van der Waals surface area contributed by atoms with E-state index in [1.807, 2.05) is 0 Å². The summed E-state index contributed by atoms with van der Waals surface area (Å²) in [6, 6.07) is -1.50. The van der Waals surface area contributed by atoms with Gasteiger partial charge in [-0.3, -0.25) is 14.3 Å². The van der Waals surface area contributed by atoms with Crippen molar-refractivity contribution >= 4 is 28.0 Å². The minimum absolute atomic E-state index is 0.126. The fourth-order valence-electron chi connectivity index (χ4n) is 4.40. The predicted molar refractivity (Wildman–Crippen MR) is 158 cm³/mol. The van der Waals surface area contributed by atoms with E-state index in [0.29, 0.717) is 12.8 Å². The molecule has 0 aliphatic rings. The Morgan fingerprint density at radius 3 is 1.45 bits per heavy atom. The van der Waals surface area contributed by atoms with Gasteiger partial charge >= 0.3 is 11.9 Å². The summed E-state index contributed by atoms with van der Waals surface area (Å²) >= 11 is 0. The summed E-state index contributed by atoms with van der Waals surface area (Å²) in [4.78, 5) is 28.3. The lowest BCUT2D eigenvalue weighted by Crippen LogP contribution is -2.33. The van der Waals surface area contributed by atoms with Crippen molar-refractivity contribution in [1.29, 1.82) is 0 Å². The number of rotatable bonds is 28. The third-order valence-electron chi connectivity index (χ3n) is 6.74. The Morgan fingerprint density at radius 1 is 0.675 bits per heavy atom. The first-order valence-corrected chi connectivity index (χ1v) is 17.3. The van der Waals surface area contributed by atoms with Crippen molar-refractivity contribution in [3.8, 4) is 0 Å². The molecule has 0 aromatic carbocycles. The Hall–Kier alpha value is -1.68. The van der Waals surface area contributed by atoms with E-state index in [1.54, 1.807) is 0 Å². The van der Waals surface area contributed by atoms with Crippen molar-refractivity contribution in [3.63, 3.8) is 0 Å². The molecule has 10 heteroatoms. The molecule has 0 rings (SSSR count). The van der Waals surface area contributed by atoms with Crippen LogP contribution in [0.15, 0.2) is 4.99 Å². The first-order chi connectivity index (χ1) is 19.2. The molecule has 40 heavy (non-hydrogen) atoms. The highest BCUT2D eigenvalue weighted by atomic mass is 32.2. The van der Waals surface area contributed by atoms with Crippen LogP contribution in [0.4, 0.5) is 0 Å². The SMILES string of the molecule is CCCCCCCCCCCCOC(=O)CC(N=C([O-])CS(=O)(=O)O)C(=O)OCCCCCCCCCCCC. The van der Waals surface area contributed by atoms with Crippen LogP contribution in [0, 0.1) is 0 Å². The van der Waals surface area contributed by atoms with E-state index in [9.17, 15) is 23.1 Å². The Bertz CT molecular complexity index is 770. The first kappa shape index (κ1) is 38.3. The second-order valence-electron chi connectivity index (χ2n) is 10.7. The van der Waals surface area contributed by atoms with Crippen LogP contribution in [0.1, 0.15) is 149 Å². The molecule has 9 nitrogen and oxygen atoms in total. The van der Waals surface area contributed by atoms with Gasteiger partial charge in [0.25, 0.3) is 10.1 Å². The summed E-state index contributed by atoms with van der Waals surface area (Å²) < 4.78 is 41.3. The molecule has 0 aromatic heterocycles. The number of hydrogen-bond acceptors (Lipinski definition) is 8. The normalized spacial score (nSPS) is 12.8. The molecule has 0 fully saturated rings. The maximum atomic E-state index is 12.5. The van der Waals surface area contributed by atoms with Gasteiger partial charge in [0.05, 0.1) is 19.6 Å². The molecule has 0 aromatic rings. The highest BCUT2D eigenvalue weighted by molar-refractivity contribution is 7.86. The van der Waals surface area contributed by atoms with Gasteiger partial charge in [0, 0.05) is 0 Å². The van der Waals surface area contributed by atoms with Crippen LogP contribution in [-0.4, -0.2) is 55.8 Å². The number of unbranched alkanes of at least 4 members (excludes halogenated alkanes) is 18. The van der Waals surface area contributed by atoms with Gasteiger partial charge in [0.2, 0.25) is 0 Å². The molecule has 1 N–H and O–H groups in total. The lowest BCUT2D eigenvalue weighted by molar-refractivity contribution is -0.216. The van der Waals surface area contributed by atoms with Crippen LogP contribution in [-0.2, 0) is 29.2 Å². The predicted octanol–water partition coefficient (Wildman–Crippen LogP) is 6.32. The molecule has 0 aliphatic carbocycles. The van der Waals surface area contributed by atoms with Gasteiger partial charge in [-0.1, -0.05) is 129 Å². The lowest BCUT2D eigenvalue weighted by Gasteiger charge is -2.16. The zero-order valence-electron chi connectivity index (χ0n) is 25.2. The second-order valence-corrected chi connectivity index (χ2v) is 12.2. The van der Waals surface area contributed by atoms with Crippen molar-refractivity contribution in [2.75, 3.05) is 19.0 Å². The molecule has 1 unspecified atom stereocenters. The number of carbonyl (C=O) groups excluding carboxylic acids is 2. The monoisotopic (exact) mass is 590 g/mol. The smallest absolute Gasteiger partial charge is 0.331 e. The van der Waals surface area contributed by atoms with Gasteiger partial charge in [0.15, 0.2) is 6.04 Å². The standard InChI is InChI=1S/C30H57NO8S/c1-3-5-7-9-11-13-15-17-19-21-23-38-29(33)25-27(31-28(32)26-40(35,36)37)30(34)39-24-22-20-18-16-14-12-10-8-6-4-2/h27H,3-26H2,1-2H3,(H,31,32)(H,35,36,37)/p-1. The van der Waals surface area contributed by atoms with Crippen molar-refractivity contribution < 1.29 is 37.1 Å². The van der Waals surface area contributed by atoms with Crippen LogP contribution in [0.5, 0.6) is 0 Å². The number of hydrogen-bond donors (Lipinski definition) is 1. The van der Waals surface area contributed by atoms with E-state index < -0.39 is 46.2 Å². The highest BCUT2D eigenvalue weighted by Crippen LogP contribution is 2.13. The van der Waals surface area contributed by atoms with Crippen LogP contribution in [0.3, 0.4) is 0 Å². The summed E-state index contributed by atoms with van der Waals surface area (Å²) in [5.74, 6) is -4.07. The van der Waals surface area contributed by atoms with Gasteiger partial charge in [0.1, 0.15) is 5.75 Å². The molecule has 0 spiro atoms. The third-order valence-corrected chi connectivity index (χ3v) is 7.35. The number of aliphatic imine (C=N–C) groups is 1. The number of ether oxygens (including phenoxy) is 2. The van der Waals surface area contributed by atoms with Gasteiger partial charge in [-0.2, -0.15) is 8.42 Å². The van der Waals surface area contributed by atoms with E-state index in [-0.39, 0.29) is 13.2 Å². The molecule has 0 amide bonds. The largest absolute Gasteiger partial charge is 0.861 e. The van der Waals surface area contributed by atoms with Crippen molar-refractivity contribution in [2.24, 2.45) is 4.99 Å². The summed E-state index contributed by atoms with van der Waals surface area (Å²) in [5.41, 5.74) is 0. The Kier molecular flexibility index (Phi) is 25.1. The van der Waals surface area contributed by atoms with Crippen molar-refractivity contribution in [1.82, 2.24) is 0 Å². The third kappa shape index (κ3) is 26.5. The summed E-state index contributed by atoms with van der Waals surface area (Å²) in [6.45, 7) is 4.74. The maximum absolute atomic E-state index is 12.5. The Balaban J connectivity index is 4.35. The maximum Gasteiger partial charge on any atom is 0.331 e. The average molecular weight is 591 g/mol. The van der Waals surface area contributed by atoms with E-state index in [2.05, 4.69) is 18.8 Å². The van der Waals surface area contributed by atoms with Gasteiger partial charge in [-0.05, 0) is 18.7 Å². The van der Waals surface area contributed by atoms with Crippen molar-refractivity contribution in [2.45, 2.75) is 155 Å². The molecule has 1 atom stereocenters. The van der Waals surface area contributed by atoms with Gasteiger partial charge in [-0.15, -0.1) is 0 Å². The number of esters is 2. The summed E-state index contributed by atoms with van der Waals surface area (Å²) in [7, 11) is -4.61. The van der Waals surface area contributed by atoms with E-state index in [1.165, 1.54) is 77.0 Å². The Labute approximate surface area is 243 Å². The minimum Gasteiger partial charge on any atom is -0.861 e. The second kappa shape index (κ2) is 26.2. The molecule has 0 bridgehead atoms. The number of nitrogens with zero attached hydrogens (tertiary/aromatic N) is 1.